The van der Waals surface area contributed by atoms with Gasteiger partial charge in [0.1, 0.15) is 0 Å². The van der Waals surface area contributed by atoms with Gasteiger partial charge in [-0.3, -0.25) is 4.90 Å². The molecule has 2 amide bonds. The highest BCUT2D eigenvalue weighted by molar-refractivity contribution is 5.92. The van der Waals surface area contributed by atoms with Crippen LogP contribution in [0.25, 0.3) is 0 Å². The van der Waals surface area contributed by atoms with E-state index in [0.29, 0.717) is 12.5 Å². The van der Waals surface area contributed by atoms with Crippen LogP contribution in [-0.4, -0.2) is 18.6 Å². The summed E-state index contributed by atoms with van der Waals surface area (Å²) in [7, 11) is 0. The van der Waals surface area contributed by atoms with E-state index < -0.39 is 0 Å². The first kappa shape index (κ1) is 24.9. The molecule has 0 bridgehead atoms. The number of nitrogens with two attached hydrogens (primary N) is 1. The smallest absolute Gasteiger partial charge is 0.322 e. The summed E-state index contributed by atoms with van der Waals surface area (Å²) in [6.07, 6.45) is 7.11. The third-order valence-electron chi connectivity index (χ3n) is 6.22. The zero-order valence-electron chi connectivity index (χ0n) is 19.8. The van der Waals surface area contributed by atoms with Crippen molar-refractivity contribution in [2.24, 2.45) is 11.7 Å². The molecule has 0 heterocycles. The minimum absolute atomic E-state index is 0.0727. The van der Waals surface area contributed by atoms with E-state index in [1.807, 2.05) is 37.3 Å². The lowest BCUT2D eigenvalue weighted by atomic mass is 9.99. The maximum atomic E-state index is 13.3. The van der Waals surface area contributed by atoms with Crippen molar-refractivity contribution in [1.82, 2.24) is 5.32 Å². The Bertz CT molecular complexity index is 760. The van der Waals surface area contributed by atoms with Gasteiger partial charge in [-0.05, 0) is 48.9 Å². The number of aryl methyl sites for hydroxylation is 1. The number of rotatable bonds is 12. The Balaban J connectivity index is 2.12. The molecular formula is C27H41N3O. The molecule has 3 atom stereocenters. The number of unbranched alkanes of at least 4 members (excludes halogenated alkanes) is 3. The lowest BCUT2D eigenvalue weighted by Gasteiger charge is -2.30. The van der Waals surface area contributed by atoms with Crippen molar-refractivity contribution in [3.63, 3.8) is 0 Å². The number of hydrogen-bond donors (Lipinski definition) is 2. The fourth-order valence-electron chi connectivity index (χ4n) is 3.69. The predicted molar refractivity (Wildman–Crippen MR) is 132 cm³/mol. The Hall–Kier alpha value is -2.33. The minimum Gasteiger partial charge on any atom is -0.331 e. The van der Waals surface area contributed by atoms with Crippen molar-refractivity contribution < 1.29 is 4.79 Å². The third kappa shape index (κ3) is 8.02. The Kier molecular flexibility index (Phi) is 10.6. The first-order valence-corrected chi connectivity index (χ1v) is 11.9. The standard InChI is InChI=1S/C27H41N3O/c1-5-7-8-10-13-23-16-18-25(19-17-23)30(20-26(28)21(3)6-2)27(31)29-22(4)24-14-11-9-12-15-24/h9,11-12,14-19,21-22,26H,5-8,10,13,20,28H2,1-4H3,(H,29,31)/t21-,22-,26+/m0/s1. The summed E-state index contributed by atoms with van der Waals surface area (Å²) < 4.78 is 0. The van der Waals surface area contributed by atoms with E-state index in [1.165, 1.54) is 31.2 Å². The molecule has 0 spiro atoms. The molecule has 4 nitrogen and oxygen atoms in total. The zero-order chi connectivity index (χ0) is 22.6. The fourth-order valence-corrected chi connectivity index (χ4v) is 3.69. The van der Waals surface area contributed by atoms with Crippen molar-refractivity contribution in [2.45, 2.75) is 78.3 Å². The normalized spacial score (nSPS) is 14.0. The molecule has 0 aromatic heterocycles. The number of carbonyl (C=O) groups excluding carboxylic acids is 1. The van der Waals surface area contributed by atoms with E-state index in [2.05, 4.69) is 50.4 Å². The highest BCUT2D eigenvalue weighted by Crippen LogP contribution is 2.20. The number of nitrogens with zero attached hydrogens (tertiary/aromatic N) is 1. The van der Waals surface area contributed by atoms with Gasteiger partial charge < -0.3 is 11.1 Å². The highest BCUT2D eigenvalue weighted by Gasteiger charge is 2.23. The molecule has 0 saturated heterocycles. The SMILES string of the molecule is CCCCCCc1ccc(N(C[C@@H](N)[C@@H](C)CC)C(=O)N[C@@H](C)c2ccccc2)cc1. The van der Waals surface area contributed by atoms with Crippen LogP contribution in [0.2, 0.25) is 0 Å². The first-order valence-electron chi connectivity index (χ1n) is 11.9. The van der Waals surface area contributed by atoms with E-state index in [-0.39, 0.29) is 18.1 Å². The Morgan fingerprint density at radius 1 is 0.968 bits per heavy atom. The van der Waals surface area contributed by atoms with Crippen molar-refractivity contribution in [1.29, 1.82) is 0 Å². The van der Waals surface area contributed by atoms with Gasteiger partial charge in [-0.15, -0.1) is 0 Å². The van der Waals surface area contributed by atoms with E-state index in [1.54, 1.807) is 4.90 Å². The zero-order valence-corrected chi connectivity index (χ0v) is 19.8. The van der Waals surface area contributed by atoms with Crippen molar-refractivity contribution in [2.75, 3.05) is 11.4 Å². The van der Waals surface area contributed by atoms with Gasteiger partial charge >= 0.3 is 6.03 Å². The van der Waals surface area contributed by atoms with Gasteiger partial charge in [0.05, 0.1) is 6.04 Å². The predicted octanol–water partition coefficient (Wildman–Crippen LogP) is 6.46. The molecule has 2 aromatic carbocycles. The summed E-state index contributed by atoms with van der Waals surface area (Å²) in [5, 5.41) is 3.15. The van der Waals surface area contributed by atoms with Gasteiger partial charge in [-0.25, -0.2) is 4.79 Å². The molecule has 2 rings (SSSR count). The Labute approximate surface area is 189 Å². The lowest BCUT2D eigenvalue weighted by Crippen LogP contribution is -2.48. The van der Waals surface area contributed by atoms with Crippen LogP contribution in [0.5, 0.6) is 0 Å². The van der Waals surface area contributed by atoms with Crippen molar-refractivity contribution in [3.8, 4) is 0 Å². The van der Waals surface area contributed by atoms with Gasteiger partial charge in [-0.2, -0.15) is 0 Å². The topological polar surface area (TPSA) is 58.4 Å². The second-order valence-corrected chi connectivity index (χ2v) is 8.72. The Morgan fingerprint density at radius 2 is 1.65 bits per heavy atom. The molecule has 0 saturated carbocycles. The van der Waals surface area contributed by atoms with Gasteiger partial charge in [0.15, 0.2) is 0 Å². The van der Waals surface area contributed by atoms with Crippen LogP contribution in [0.1, 0.15) is 77.0 Å². The number of benzene rings is 2. The van der Waals surface area contributed by atoms with Gasteiger partial charge in [0, 0.05) is 18.3 Å². The maximum absolute atomic E-state index is 13.3. The number of amides is 2. The number of anilines is 1. The molecule has 3 N–H and O–H groups in total. The van der Waals surface area contributed by atoms with Crippen LogP contribution in [0.15, 0.2) is 54.6 Å². The summed E-state index contributed by atoms with van der Waals surface area (Å²) in [4.78, 5) is 15.1. The summed E-state index contributed by atoms with van der Waals surface area (Å²) in [5.41, 5.74) is 9.76. The first-order chi connectivity index (χ1) is 15.0. The van der Waals surface area contributed by atoms with Crippen LogP contribution in [0.4, 0.5) is 10.5 Å². The molecule has 0 aliphatic carbocycles. The highest BCUT2D eigenvalue weighted by atomic mass is 16.2. The number of carbonyl (C=O) groups is 1. The van der Waals surface area contributed by atoms with Crippen LogP contribution < -0.4 is 16.0 Å². The molecule has 0 fully saturated rings. The summed E-state index contributed by atoms with van der Waals surface area (Å²) >= 11 is 0. The van der Waals surface area contributed by atoms with E-state index in [4.69, 9.17) is 5.73 Å². The second-order valence-electron chi connectivity index (χ2n) is 8.72. The van der Waals surface area contributed by atoms with Gasteiger partial charge in [-0.1, -0.05) is 88.9 Å². The number of nitrogens with one attached hydrogen (secondary N) is 1. The molecule has 170 valence electrons. The van der Waals surface area contributed by atoms with Crippen LogP contribution in [-0.2, 0) is 6.42 Å². The van der Waals surface area contributed by atoms with Crippen molar-refractivity contribution in [3.05, 3.63) is 65.7 Å². The molecule has 31 heavy (non-hydrogen) atoms. The number of urea groups is 1. The quantitative estimate of drug-likeness (QED) is 0.385. The third-order valence-corrected chi connectivity index (χ3v) is 6.22. The van der Waals surface area contributed by atoms with E-state index in [0.717, 1.165) is 24.1 Å². The molecular weight excluding hydrogens is 382 g/mol. The van der Waals surface area contributed by atoms with E-state index in [9.17, 15) is 4.79 Å². The lowest BCUT2D eigenvalue weighted by molar-refractivity contribution is 0.242. The molecule has 0 radical (unpaired) electrons. The van der Waals surface area contributed by atoms with Crippen LogP contribution in [0, 0.1) is 5.92 Å². The summed E-state index contributed by atoms with van der Waals surface area (Å²) in [6.45, 7) is 9.03. The summed E-state index contributed by atoms with van der Waals surface area (Å²) in [6, 6.07) is 18.2. The maximum Gasteiger partial charge on any atom is 0.322 e. The van der Waals surface area contributed by atoms with E-state index >= 15 is 0 Å². The average Bonchev–Trinajstić information content (AvgIpc) is 2.80. The molecule has 4 heteroatoms. The molecule has 2 aromatic rings. The molecule has 0 aliphatic rings. The minimum atomic E-state index is -0.106. The summed E-state index contributed by atoms with van der Waals surface area (Å²) in [5.74, 6) is 0.347. The van der Waals surface area contributed by atoms with Gasteiger partial charge in [0.2, 0.25) is 0 Å². The largest absolute Gasteiger partial charge is 0.331 e. The monoisotopic (exact) mass is 423 g/mol. The number of hydrogen-bond acceptors (Lipinski definition) is 2. The van der Waals surface area contributed by atoms with Crippen molar-refractivity contribution >= 4 is 11.7 Å². The average molecular weight is 424 g/mol. The second kappa shape index (κ2) is 13.2. The molecule has 0 unspecified atom stereocenters. The van der Waals surface area contributed by atoms with Crippen LogP contribution >= 0.6 is 0 Å². The van der Waals surface area contributed by atoms with Crippen LogP contribution in [0.3, 0.4) is 0 Å². The molecule has 0 aliphatic heterocycles. The fraction of sp³-hybridized carbons (Fsp3) is 0.519. The Morgan fingerprint density at radius 3 is 2.26 bits per heavy atom. The van der Waals surface area contributed by atoms with Gasteiger partial charge in [0.25, 0.3) is 0 Å².